The van der Waals surface area contributed by atoms with Crippen molar-refractivity contribution in [3.8, 4) is 5.75 Å². The first-order valence-corrected chi connectivity index (χ1v) is 7.05. The molecule has 4 nitrogen and oxygen atoms in total. The maximum Gasteiger partial charge on any atom is 0.251 e. The summed E-state index contributed by atoms with van der Waals surface area (Å²) in [5, 5.41) is 2.98. The molecule has 1 aromatic rings. The van der Waals surface area contributed by atoms with Gasteiger partial charge in [-0.25, -0.2) is 0 Å². The van der Waals surface area contributed by atoms with Crippen molar-refractivity contribution in [1.29, 1.82) is 0 Å². The van der Waals surface area contributed by atoms with Crippen LogP contribution in [0.15, 0.2) is 24.3 Å². The minimum Gasteiger partial charge on any atom is -1.00 e. The highest BCUT2D eigenvalue weighted by Gasteiger charge is 2.13. The molecule has 0 bridgehead atoms. The minimum atomic E-state index is -0.000868. The fourth-order valence-electron chi connectivity index (χ4n) is 2.50. The van der Waals surface area contributed by atoms with Crippen LogP contribution in [0.25, 0.3) is 0 Å². The van der Waals surface area contributed by atoms with Crippen LogP contribution in [0.4, 0.5) is 0 Å². The molecule has 2 N–H and O–H groups in total. The van der Waals surface area contributed by atoms with E-state index >= 15 is 0 Å². The second-order valence-corrected chi connectivity index (χ2v) is 5.05. The van der Waals surface area contributed by atoms with Gasteiger partial charge in [0.15, 0.2) is 0 Å². The molecule has 112 valence electrons. The summed E-state index contributed by atoms with van der Waals surface area (Å²) >= 11 is 0. The number of hydrogen-bond donors (Lipinski definition) is 2. The largest absolute Gasteiger partial charge is 1.00 e. The summed E-state index contributed by atoms with van der Waals surface area (Å²) in [6.07, 6.45) is 4.01. The molecule has 1 fully saturated rings. The van der Waals surface area contributed by atoms with E-state index in [2.05, 4.69) is 5.32 Å². The van der Waals surface area contributed by atoms with Crippen LogP contribution in [0.1, 0.15) is 29.6 Å². The third kappa shape index (κ3) is 5.02. The van der Waals surface area contributed by atoms with Gasteiger partial charge in [0.25, 0.3) is 5.91 Å². The van der Waals surface area contributed by atoms with E-state index in [0.29, 0.717) is 5.56 Å². The lowest BCUT2D eigenvalue weighted by molar-refractivity contribution is -0.903. The Kier molecular flexibility index (Phi) is 7.41. The van der Waals surface area contributed by atoms with E-state index < -0.39 is 0 Å². The van der Waals surface area contributed by atoms with Gasteiger partial charge in [-0.05, 0) is 43.5 Å². The molecular weight excluding hydrogens is 276 g/mol. The van der Waals surface area contributed by atoms with E-state index in [-0.39, 0.29) is 18.3 Å². The Morgan fingerprint density at radius 1 is 1.20 bits per heavy atom. The molecule has 1 saturated heterocycles. The normalized spacial score (nSPS) is 15.2. The molecule has 0 aliphatic carbocycles. The van der Waals surface area contributed by atoms with Gasteiger partial charge in [0.2, 0.25) is 0 Å². The van der Waals surface area contributed by atoms with Gasteiger partial charge in [0.1, 0.15) is 5.75 Å². The molecule has 0 unspecified atom stereocenters. The maximum atomic E-state index is 11.9. The molecule has 0 spiro atoms. The highest BCUT2D eigenvalue weighted by atomic mass is 35.5. The number of methoxy groups -OCH3 is 1. The van der Waals surface area contributed by atoms with Crippen molar-refractivity contribution in [1.82, 2.24) is 5.32 Å². The summed E-state index contributed by atoms with van der Waals surface area (Å²) in [4.78, 5) is 13.5. The summed E-state index contributed by atoms with van der Waals surface area (Å²) in [6, 6.07) is 7.21. The molecule has 1 amide bonds. The number of hydrogen-bond acceptors (Lipinski definition) is 2. The van der Waals surface area contributed by atoms with Gasteiger partial charge in [-0.2, -0.15) is 0 Å². The van der Waals surface area contributed by atoms with Gasteiger partial charge in [-0.3, -0.25) is 4.79 Å². The molecular formula is C15H23ClN2O2. The number of carbonyl (C=O) groups is 1. The zero-order chi connectivity index (χ0) is 13.5. The first-order valence-electron chi connectivity index (χ1n) is 7.05. The number of ether oxygens (including phenoxy) is 1. The van der Waals surface area contributed by atoms with Crippen LogP contribution in [0, 0.1) is 0 Å². The molecule has 1 aromatic carbocycles. The van der Waals surface area contributed by atoms with E-state index in [4.69, 9.17) is 4.74 Å². The van der Waals surface area contributed by atoms with Crippen LogP contribution in [0.3, 0.4) is 0 Å². The minimum absolute atomic E-state index is 0. The molecule has 5 heteroatoms. The average molecular weight is 299 g/mol. The van der Waals surface area contributed by atoms with E-state index in [1.165, 1.54) is 32.4 Å². The van der Waals surface area contributed by atoms with Crippen LogP contribution in [-0.2, 0) is 0 Å². The third-order valence-corrected chi connectivity index (χ3v) is 3.68. The number of rotatable bonds is 5. The van der Waals surface area contributed by atoms with Crippen molar-refractivity contribution >= 4 is 5.91 Å². The second kappa shape index (κ2) is 8.82. The van der Waals surface area contributed by atoms with Crippen LogP contribution in [0.5, 0.6) is 5.75 Å². The Morgan fingerprint density at radius 2 is 1.85 bits per heavy atom. The van der Waals surface area contributed by atoms with Crippen molar-refractivity contribution in [2.45, 2.75) is 19.3 Å². The Balaban J connectivity index is 0.00000200. The topological polar surface area (TPSA) is 42.8 Å². The van der Waals surface area contributed by atoms with E-state index in [9.17, 15) is 4.79 Å². The number of piperidine rings is 1. The maximum absolute atomic E-state index is 11.9. The Morgan fingerprint density at radius 3 is 2.45 bits per heavy atom. The Hall–Kier alpha value is -1.26. The van der Waals surface area contributed by atoms with Gasteiger partial charge < -0.3 is 27.4 Å². The SMILES string of the molecule is COc1ccc(C(=O)NCC[NH+]2CCCCC2)cc1.[Cl-]. The number of carbonyl (C=O) groups excluding carboxylic acids is 1. The first kappa shape index (κ1) is 16.8. The van der Waals surface area contributed by atoms with Crippen molar-refractivity contribution in [3.63, 3.8) is 0 Å². The highest BCUT2D eigenvalue weighted by molar-refractivity contribution is 5.94. The van der Waals surface area contributed by atoms with Crippen LogP contribution in [-0.4, -0.2) is 39.2 Å². The number of benzene rings is 1. The van der Waals surface area contributed by atoms with Gasteiger partial charge in [0.05, 0.1) is 33.3 Å². The molecule has 0 saturated carbocycles. The highest BCUT2D eigenvalue weighted by Crippen LogP contribution is 2.10. The number of amides is 1. The molecule has 1 aliphatic heterocycles. The quantitative estimate of drug-likeness (QED) is 0.631. The zero-order valence-corrected chi connectivity index (χ0v) is 12.7. The molecule has 0 aromatic heterocycles. The number of nitrogens with one attached hydrogen (secondary N) is 2. The summed E-state index contributed by atoms with van der Waals surface area (Å²) in [5.74, 6) is 0.772. The lowest BCUT2D eigenvalue weighted by Crippen LogP contribution is -3.13. The summed E-state index contributed by atoms with van der Waals surface area (Å²) < 4.78 is 5.07. The van der Waals surface area contributed by atoms with Crippen molar-refractivity contribution in [2.24, 2.45) is 0 Å². The van der Waals surface area contributed by atoms with Crippen molar-refractivity contribution < 1.29 is 26.8 Å². The smallest absolute Gasteiger partial charge is 0.251 e. The number of halogens is 1. The van der Waals surface area contributed by atoms with Gasteiger partial charge in [-0.1, -0.05) is 0 Å². The average Bonchev–Trinajstić information content (AvgIpc) is 2.48. The monoisotopic (exact) mass is 298 g/mol. The first-order chi connectivity index (χ1) is 9.29. The second-order valence-electron chi connectivity index (χ2n) is 5.05. The molecule has 0 radical (unpaired) electrons. The van der Waals surface area contributed by atoms with Gasteiger partial charge in [0, 0.05) is 5.56 Å². The van der Waals surface area contributed by atoms with Crippen LogP contribution in [0.2, 0.25) is 0 Å². The van der Waals surface area contributed by atoms with Crippen LogP contribution >= 0.6 is 0 Å². The number of likely N-dealkylation sites (tertiary alicyclic amines) is 1. The van der Waals surface area contributed by atoms with Crippen molar-refractivity contribution in [2.75, 3.05) is 33.3 Å². The van der Waals surface area contributed by atoms with Crippen LogP contribution < -0.4 is 27.4 Å². The fraction of sp³-hybridized carbons (Fsp3) is 0.533. The Bertz CT molecular complexity index is 403. The summed E-state index contributed by atoms with van der Waals surface area (Å²) in [5.41, 5.74) is 0.689. The third-order valence-electron chi connectivity index (χ3n) is 3.68. The number of quaternary nitrogens is 1. The van der Waals surface area contributed by atoms with E-state index in [1.54, 1.807) is 24.1 Å². The fourth-order valence-corrected chi connectivity index (χ4v) is 2.50. The molecule has 1 heterocycles. The molecule has 0 atom stereocenters. The molecule has 20 heavy (non-hydrogen) atoms. The molecule has 1 aliphatic rings. The predicted molar refractivity (Wildman–Crippen MR) is 74.7 cm³/mol. The summed E-state index contributed by atoms with van der Waals surface area (Å²) in [6.45, 7) is 4.28. The zero-order valence-electron chi connectivity index (χ0n) is 12.0. The standard InChI is InChI=1S/C15H22N2O2.ClH/c1-19-14-7-5-13(6-8-14)15(18)16-9-12-17-10-3-2-4-11-17;/h5-8H,2-4,9-12H2,1H3,(H,16,18);1H. The van der Waals surface area contributed by atoms with Crippen molar-refractivity contribution in [3.05, 3.63) is 29.8 Å². The molecule has 2 rings (SSSR count). The van der Waals surface area contributed by atoms with E-state index in [0.717, 1.165) is 18.8 Å². The van der Waals surface area contributed by atoms with Gasteiger partial charge >= 0.3 is 0 Å². The predicted octanol–water partition coefficient (Wildman–Crippen LogP) is -2.50. The summed E-state index contributed by atoms with van der Waals surface area (Å²) in [7, 11) is 1.62. The van der Waals surface area contributed by atoms with E-state index in [1.807, 2.05) is 12.1 Å². The van der Waals surface area contributed by atoms with Gasteiger partial charge in [-0.15, -0.1) is 0 Å². The Labute approximate surface area is 126 Å². The lowest BCUT2D eigenvalue weighted by Gasteiger charge is -2.23. The lowest BCUT2D eigenvalue weighted by atomic mass is 10.1.